The molecule has 0 bridgehead atoms. The summed E-state index contributed by atoms with van der Waals surface area (Å²) in [7, 11) is 0. The largest absolute Gasteiger partial charge is 0.352 e. The van der Waals surface area contributed by atoms with Crippen LogP contribution >= 0.6 is 0 Å². The van der Waals surface area contributed by atoms with Gasteiger partial charge in [-0.05, 0) is 61.8 Å². The summed E-state index contributed by atoms with van der Waals surface area (Å²) < 4.78 is 0. The zero-order valence-electron chi connectivity index (χ0n) is 20.2. The van der Waals surface area contributed by atoms with Crippen molar-refractivity contribution in [3.05, 3.63) is 71.3 Å². The van der Waals surface area contributed by atoms with Crippen LogP contribution in [0.5, 0.6) is 0 Å². The third-order valence-corrected chi connectivity index (χ3v) is 7.84. The van der Waals surface area contributed by atoms with Gasteiger partial charge in [-0.25, -0.2) is 0 Å². The Balaban J connectivity index is 1.24. The molecule has 2 aromatic carbocycles. The lowest BCUT2D eigenvalue weighted by atomic mass is 9.70. The van der Waals surface area contributed by atoms with Gasteiger partial charge in [-0.15, -0.1) is 0 Å². The maximum absolute atomic E-state index is 12.7. The van der Waals surface area contributed by atoms with Crippen molar-refractivity contribution in [3.63, 3.8) is 0 Å². The number of ketones is 1. The molecule has 2 fully saturated rings. The number of nitrogens with zero attached hydrogens (tertiary/aromatic N) is 1. The highest BCUT2D eigenvalue weighted by Crippen LogP contribution is 2.36. The quantitative estimate of drug-likeness (QED) is 0.632. The second-order valence-corrected chi connectivity index (χ2v) is 9.85. The Bertz CT molecular complexity index is 986. The van der Waals surface area contributed by atoms with E-state index in [1.165, 1.54) is 37.7 Å². The van der Waals surface area contributed by atoms with Crippen LogP contribution in [-0.4, -0.2) is 42.1 Å². The van der Waals surface area contributed by atoms with E-state index in [1.54, 1.807) is 6.92 Å². The molecule has 0 unspecified atom stereocenters. The zero-order valence-corrected chi connectivity index (χ0v) is 20.2. The molecule has 0 atom stereocenters. The van der Waals surface area contributed by atoms with E-state index in [9.17, 15) is 14.4 Å². The van der Waals surface area contributed by atoms with E-state index in [-0.39, 0.29) is 24.0 Å². The lowest BCUT2D eigenvalue weighted by Gasteiger charge is -2.40. The summed E-state index contributed by atoms with van der Waals surface area (Å²) in [6.45, 7) is 3.09. The molecule has 1 N–H and O–H groups in total. The highest BCUT2D eigenvalue weighted by molar-refractivity contribution is 5.94. The van der Waals surface area contributed by atoms with Crippen molar-refractivity contribution in [2.75, 3.05) is 19.6 Å². The van der Waals surface area contributed by atoms with E-state index >= 15 is 0 Å². The van der Waals surface area contributed by atoms with E-state index in [2.05, 4.69) is 17.4 Å². The van der Waals surface area contributed by atoms with Crippen molar-refractivity contribution >= 4 is 17.6 Å². The summed E-state index contributed by atoms with van der Waals surface area (Å²) in [6, 6.07) is 17.9. The van der Waals surface area contributed by atoms with Crippen LogP contribution in [0.2, 0.25) is 0 Å². The van der Waals surface area contributed by atoms with Crippen LogP contribution in [0.4, 0.5) is 0 Å². The number of benzene rings is 2. The summed E-state index contributed by atoms with van der Waals surface area (Å²) in [5.41, 5.74) is 2.50. The number of nitrogens with one attached hydrogen (secondary N) is 1. The van der Waals surface area contributed by atoms with Gasteiger partial charge < -0.3 is 10.2 Å². The standard InChI is InChI=1S/C29H36N2O3/c1-22(32)29(26-10-6-3-7-11-26)17-20-31(21-18-29)27(33)16-19-30-28(34)25-14-12-24(13-15-25)23-8-4-2-5-9-23/h3,6-7,10-15,23H,2,4-5,8-9,16-21H2,1H3,(H,30,34). The molecule has 4 rings (SSSR count). The number of hydrogen-bond donors (Lipinski definition) is 1. The molecule has 5 heteroatoms. The monoisotopic (exact) mass is 460 g/mol. The summed E-state index contributed by atoms with van der Waals surface area (Å²) >= 11 is 0. The Morgan fingerprint density at radius 2 is 1.56 bits per heavy atom. The van der Waals surface area contributed by atoms with Crippen LogP contribution in [0.25, 0.3) is 0 Å². The smallest absolute Gasteiger partial charge is 0.251 e. The fraction of sp³-hybridized carbons (Fsp3) is 0.483. The van der Waals surface area contributed by atoms with Crippen LogP contribution in [-0.2, 0) is 15.0 Å². The van der Waals surface area contributed by atoms with Crippen molar-refractivity contribution in [3.8, 4) is 0 Å². The van der Waals surface area contributed by atoms with Crippen molar-refractivity contribution in [2.45, 2.75) is 69.6 Å². The molecule has 1 heterocycles. The van der Waals surface area contributed by atoms with E-state index in [0.29, 0.717) is 44.0 Å². The zero-order chi connectivity index (χ0) is 24.0. The van der Waals surface area contributed by atoms with Crippen molar-refractivity contribution in [1.29, 1.82) is 0 Å². The van der Waals surface area contributed by atoms with Gasteiger partial charge in [0.1, 0.15) is 5.78 Å². The van der Waals surface area contributed by atoms with Crippen molar-refractivity contribution < 1.29 is 14.4 Å². The highest BCUT2D eigenvalue weighted by Gasteiger charge is 2.41. The van der Waals surface area contributed by atoms with E-state index < -0.39 is 5.41 Å². The van der Waals surface area contributed by atoms with Crippen LogP contribution in [0.15, 0.2) is 54.6 Å². The fourth-order valence-electron chi connectivity index (χ4n) is 5.62. The van der Waals surface area contributed by atoms with Gasteiger partial charge in [0.2, 0.25) is 5.91 Å². The van der Waals surface area contributed by atoms with Crippen LogP contribution in [0.1, 0.15) is 85.7 Å². The number of Topliss-reactive ketones (excluding diaryl/α,β-unsaturated/α-hetero) is 1. The van der Waals surface area contributed by atoms with Crippen LogP contribution in [0.3, 0.4) is 0 Å². The molecule has 0 aromatic heterocycles. The van der Waals surface area contributed by atoms with Gasteiger partial charge in [0, 0.05) is 31.6 Å². The lowest BCUT2D eigenvalue weighted by Crippen LogP contribution is -2.48. The molecule has 1 saturated heterocycles. The number of carbonyl (C=O) groups is 3. The summed E-state index contributed by atoms with van der Waals surface area (Å²) in [5.74, 6) is 0.670. The highest BCUT2D eigenvalue weighted by atomic mass is 16.2. The van der Waals surface area contributed by atoms with Gasteiger partial charge in [0.05, 0.1) is 5.41 Å². The Kier molecular flexibility index (Phi) is 7.81. The Labute approximate surface area is 202 Å². The van der Waals surface area contributed by atoms with Gasteiger partial charge in [-0.1, -0.05) is 61.7 Å². The minimum atomic E-state index is -0.504. The number of piperidine rings is 1. The van der Waals surface area contributed by atoms with Crippen molar-refractivity contribution in [2.24, 2.45) is 0 Å². The molecule has 34 heavy (non-hydrogen) atoms. The van der Waals surface area contributed by atoms with Crippen LogP contribution in [0, 0.1) is 0 Å². The molecule has 2 aliphatic rings. The van der Waals surface area contributed by atoms with Gasteiger partial charge in [0.25, 0.3) is 5.91 Å². The molecular formula is C29H36N2O3. The maximum atomic E-state index is 12.7. The van der Waals surface area contributed by atoms with E-state index in [4.69, 9.17) is 0 Å². The topological polar surface area (TPSA) is 66.5 Å². The molecule has 1 aliphatic carbocycles. The molecule has 0 radical (unpaired) electrons. The summed E-state index contributed by atoms with van der Waals surface area (Å²) in [6.07, 6.45) is 7.93. The number of likely N-dealkylation sites (tertiary alicyclic amines) is 1. The first-order chi connectivity index (χ1) is 16.5. The third-order valence-electron chi connectivity index (χ3n) is 7.84. The number of amides is 2. The maximum Gasteiger partial charge on any atom is 0.251 e. The second kappa shape index (κ2) is 11.0. The molecule has 0 spiro atoms. The molecule has 1 saturated carbocycles. The van der Waals surface area contributed by atoms with E-state index in [0.717, 1.165) is 5.56 Å². The van der Waals surface area contributed by atoms with Gasteiger partial charge >= 0.3 is 0 Å². The minimum absolute atomic E-state index is 0.0261. The third kappa shape index (κ3) is 5.40. The predicted octanol–water partition coefficient (Wildman–Crippen LogP) is 5.00. The number of rotatable bonds is 7. The van der Waals surface area contributed by atoms with Crippen molar-refractivity contribution in [1.82, 2.24) is 10.2 Å². The average Bonchev–Trinajstić information content (AvgIpc) is 2.89. The Morgan fingerprint density at radius 1 is 0.912 bits per heavy atom. The molecule has 2 aromatic rings. The molecule has 180 valence electrons. The molecule has 5 nitrogen and oxygen atoms in total. The average molecular weight is 461 g/mol. The normalized spacial score (nSPS) is 18.3. The fourth-order valence-corrected chi connectivity index (χ4v) is 5.62. The lowest BCUT2D eigenvalue weighted by molar-refractivity contribution is -0.135. The Hall–Kier alpha value is -2.95. The first kappa shape index (κ1) is 24.2. The van der Waals surface area contributed by atoms with E-state index in [1.807, 2.05) is 47.4 Å². The molecular weight excluding hydrogens is 424 g/mol. The number of carbonyl (C=O) groups excluding carboxylic acids is 3. The van der Waals surface area contributed by atoms with Gasteiger partial charge in [-0.2, -0.15) is 0 Å². The summed E-state index contributed by atoms with van der Waals surface area (Å²) in [4.78, 5) is 39.6. The molecule has 1 aliphatic heterocycles. The number of hydrogen-bond acceptors (Lipinski definition) is 3. The van der Waals surface area contributed by atoms with Crippen LogP contribution < -0.4 is 5.32 Å². The Morgan fingerprint density at radius 3 is 2.18 bits per heavy atom. The second-order valence-electron chi connectivity index (χ2n) is 9.85. The summed E-state index contributed by atoms with van der Waals surface area (Å²) in [5, 5.41) is 2.89. The molecule has 2 amide bonds. The first-order valence-electron chi connectivity index (χ1n) is 12.7. The SMILES string of the molecule is CC(=O)C1(c2ccccc2)CCN(C(=O)CCNC(=O)c2ccc(C3CCCCC3)cc2)CC1. The predicted molar refractivity (Wildman–Crippen MR) is 134 cm³/mol. The van der Waals surface area contributed by atoms with Gasteiger partial charge in [-0.3, -0.25) is 14.4 Å². The van der Waals surface area contributed by atoms with Gasteiger partial charge in [0.15, 0.2) is 0 Å². The minimum Gasteiger partial charge on any atom is -0.352 e. The first-order valence-corrected chi connectivity index (χ1v) is 12.7.